The van der Waals surface area contributed by atoms with Crippen molar-refractivity contribution in [1.29, 1.82) is 0 Å². The van der Waals surface area contributed by atoms with Gasteiger partial charge in [-0.05, 0) is 52.4 Å². The molecular weight excluding hydrogens is 330 g/mol. The van der Waals surface area contributed by atoms with Crippen molar-refractivity contribution in [2.75, 3.05) is 20.6 Å². The van der Waals surface area contributed by atoms with Crippen LogP contribution in [0, 0.1) is 5.92 Å². The van der Waals surface area contributed by atoms with Gasteiger partial charge in [-0.25, -0.2) is 0 Å². The largest absolute Gasteiger partial charge is 0.352 e. The van der Waals surface area contributed by atoms with E-state index >= 15 is 0 Å². The number of hydrogen-bond donors (Lipinski definition) is 1. The lowest BCUT2D eigenvalue weighted by molar-refractivity contribution is -0.126. The first-order chi connectivity index (χ1) is 12.1. The fourth-order valence-corrected chi connectivity index (χ4v) is 2.85. The van der Waals surface area contributed by atoms with Gasteiger partial charge < -0.3 is 10.2 Å². The van der Waals surface area contributed by atoms with Crippen molar-refractivity contribution in [3.8, 4) is 0 Å². The second kappa shape index (κ2) is 7.58. The van der Waals surface area contributed by atoms with Gasteiger partial charge in [0.15, 0.2) is 0 Å². The monoisotopic (exact) mass is 359 g/mol. The highest BCUT2D eigenvalue weighted by atomic mass is 16.2. The third kappa shape index (κ3) is 3.96. The molecule has 1 aliphatic rings. The van der Waals surface area contributed by atoms with E-state index in [4.69, 9.17) is 0 Å². The standard InChI is InChI=1S/C20H29N3O3/c1-13(2)11-16(17(24)21-12-20(3,4)22(5)6)23-18(25)14-9-7-8-10-15(14)19(23)26/h7-10,13,16H,11-12H2,1-6H3,(H,21,24). The van der Waals surface area contributed by atoms with Crippen molar-refractivity contribution < 1.29 is 14.4 Å². The SMILES string of the molecule is CC(C)CC(C(=O)NCC(C)(C)N(C)C)N1C(=O)c2ccccc2C1=O. The van der Waals surface area contributed by atoms with Gasteiger partial charge in [0.1, 0.15) is 6.04 Å². The van der Waals surface area contributed by atoms with Crippen LogP contribution >= 0.6 is 0 Å². The van der Waals surface area contributed by atoms with E-state index in [-0.39, 0.29) is 17.4 Å². The topological polar surface area (TPSA) is 69.7 Å². The number of hydrogen-bond acceptors (Lipinski definition) is 4. The van der Waals surface area contributed by atoms with Gasteiger partial charge in [0.05, 0.1) is 11.1 Å². The minimum Gasteiger partial charge on any atom is -0.352 e. The van der Waals surface area contributed by atoms with E-state index in [9.17, 15) is 14.4 Å². The molecule has 1 heterocycles. The molecule has 0 saturated heterocycles. The Kier molecular flexibility index (Phi) is 5.86. The zero-order valence-corrected chi connectivity index (χ0v) is 16.5. The number of imide groups is 1. The maximum Gasteiger partial charge on any atom is 0.262 e. The summed E-state index contributed by atoms with van der Waals surface area (Å²) in [5.41, 5.74) is 0.500. The Morgan fingerprint density at radius 2 is 1.62 bits per heavy atom. The van der Waals surface area contributed by atoms with Gasteiger partial charge >= 0.3 is 0 Å². The van der Waals surface area contributed by atoms with Crippen molar-refractivity contribution in [1.82, 2.24) is 15.1 Å². The van der Waals surface area contributed by atoms with Gasteiger partial charge in [0.2, 0.25) is 5.91 Å². The number of nitrogens with one attached hydrogen (secondary N) is 1. The molecule has 0 bridgehead atoms. The Labute approximate surface area is 155 Å². The normalized spacial score (nSPS) is 15.6. The first-order valence-electron chi connectivity index (χ1n) is 8.98. The Morgan fingerprint density at radius 3 is 2.04 bits per heavy atom. The number of carbonyl (C=O) groups excluding carboxylic acids is 3. The number of nitrogens with zero attached hydrogens (tertiary/aromatic N) is 2. The van der Waals surface area contributed by atoms with Crippen LogP contribution in [0.4, 0.5) is 0 Å². The van der Waals surface area contributed by atoms with Crippen LogP contribution in [0.3, 0.4) is 0 Å². The maximum atomic E-state index is 12.9. The molecule has 0 fully saturated rings. The third-order valence-corrected chi connectivity index (χ3v) is 5.04. The molecule has 1 aromatic carbocycles. The molecule has 0 aromatic heterocycles. The van der Waals surface area contributed by atoms with Gasteiger partial charge in [-0.2, -0.15) is 0 Å². The molecule has 6 nitrogen and oxygen atoms in total. The first-order valence-corrected chi connectivity index (χ1v) is 8.98. The van der Waals surface area contributed by atoms with E-state index in [0.717, 1.165) is 4.90 Å². The van der Waals surface area contributed by atoms with E-state index in [1.54, 1.807) is 24.3 Å². The van der Waals surface area contributed by atoms with Gasteiger partial charge in [-0.3, -0.25) is 19.3 Å². The Hall–Kier alpha value is -2.21. The highest BCUT2D eigenvalue weighted by molar-refractivity contribution is 6.22. The first kappa shape index (κ1) is 20.1. The molecule has 1 N–H and O–H groups in total. The minimum absolute atomic E-state index is 0.164. The van der Waals surface area contributed by atoms with E-state index in [0.29, 0.717) is 24.1 Å². The predicted molar refractivity (Wildman–Crippen MR) is 101 cm³/mol. The molecule has 1 aliphatic heterocycles. The quantitative estimate of drug-likeness (QED) is 0.758. The summed E-state index contributed by atoms with van der Waals surface area (Å²) in [7, 11) is 3.89. The second-order valence-electron chi connectivity index (χ2n) is 8.10. The Balaban J connectivity index is 2.24. The molecule has 2 rings (SSSR count). The fourth-order valence-electron chi connectivity index (χ4n) is 2.85. The number of amides is 3. The molecule has 0 saturated carbocycles. The van der Waals surface area contributed by atoms with Gasteiger partial charge in [0, 0.05) is 12.1 Å². The number of benzene rings is 1. The molecule has 0 radical (unpaired) electrons. The number of rotatable bonds is 7. The number of likely N-dealkylation sites (N-methyl/N-ethyl adjacent to an activating group) is 1. The Morgan fingerprint density at radius 1 is 1.12 bits per heavy atom. The van der Waals surface area contributed by atoms with E-state index in [1.807, 2.05) is 46.7 Å². The van der Waals surface area contributed by atoms with Crippen LogP contribution < -0.4 is 5.32 Å². The molecule has 6 heteroatoms. The third-order valence-electron chi connectivity index (χ3n) is 5.04. The average molecular weight is 359 g/mol. The molecule has 0 spiro atoms. The van der Waals surface area contributed by atoms with Crippen LogP contribution in [0.15, 0.2) is 24.3 Å². The summed E-state index contributed by atoms with van der Waals surface area (Å²) in [6.07, 6.45) is 0.430. The summed E-state index contributed by atoms with van der Waals surface area (Å²) < 4.78 is 0. The lowest BCUT2D eigenvalue weighted by Crippen LogP contribution is -2.54. The van der Waals surface area contributed by atoms with Crippen LogP contribution in [0.2, 0.25) is 0 Å². The molecule has 1 aromatic rings. The van der Waals surface area contributed by atoms with Crippen LogP contribution in [-0.2, 0) is 4.79 Å². The smallest absolute Gasteiger partial charge is 0.262 e. The number of fused-ring (bicyclic) bond motifs is 1. The summed E-state index contributed by atoms with van der Waals surface area (Å²) >= 11 is 0. The lowest BCUT2D eigenvalue weighted by atomic mass is 10.00. The number of carbonyl (C=O) groups is 3. The Bertz CT molecular complexity index is 675. The van der Waals surface area contributed by atoms with Crippen LogP contribution in [0.25, 0.3) is 0 Å². The maximum absolute atomic E-state index is 12.9. The van der Waals surface area contributed by atoms with E-state index in [1.165, 1.54) is 0 Å². The van der Waals surface area contributed by atoms with Crippen molar-refractivity contribution in [3.63, 3.8) is 0 Å². The van der Waals surface area contributed by atoms with Crippen molar-refractivity contribution >= 4 is 17.7 Å². The molecule has 3 amide bonds. The molecule has 142 valence electrons. The van der Waals surface area contributed by atoms with Crippen molar-refractivity contribution in [2.45, 2.75) is 45.7 Å². The summed E-state index contributed by atoms with van der Waals surface area (Å²) in [5.74, 6) is -0.906. The summed E-state index contributed by atoms with van der Waals surface area (Å²) in [6, 6.07) is 5.92. The van der Waals surface area contributed by atoms with Gasteiger partial charge in [-0.1, -0.05) is 26.0 Å². The average Bonchev–Trinajstić information content (AvgIpc) is 2.82. The predicted octanol–water partition coefficient (Wildman–Crippen LogP) is 2.15. The second-order valence-corrected chi connectivity index (χ2v) is 8.10. The summed E-state index contributed by atoms with van der Waals surface area (Å²) in [6.45, 7) is 8.42. The van der Waals surface area contributed by atoms with Gasteiger partial charge in [0.25, 0.3) is 11.8 Å². The van der Waals surface area contributed by atoms with E-state index < -0.39 is 17.9 Å². The minimum atomic E-state index is -0.805. The zero-order chi connectivity index (χ0) is 19.6. The summed E-state index contributed by atoms with van der Waals surface area (Å²) in [5, 5.41) is 2.93. The van der Waals surface area contributed by atoms with Crippen molar-refractivity contribution in [3.05, 3.63) is 35.4 Å². The highest BCUT2D eigenvalue weighted by Gasteiger charge is 2.42. The molecule has 1 unspecified atom stereocenters. The molecule has 1 atom stereocenters. The van der Waals surface area contributed by atoms with Crippen LogP contribution in [0.1, 0.15) is 54.8 Å². The molecule has 0 aliphatic carbocycles. The lowest BCUT2D eigenvalue weighted by Gasteiger charge is -2.34. The van der Waals surface area contributed by atoms with Gasteiger partial charge in [-0.15, -0.1) is 0 Å². The highest BCUT2D eigenvalue weighted by Crippen LogP contribution is 2.27. The van der Waals surface area contributed by atoms with Crippen molar-refractivity contribution in [2.24, 2.45) is 5.92 Å². The van der Waals surface area contributed by atoms with Crippen LogP contribution in [0.5, 0.6) is 0 Å². The zero-order valence-electron chi connectivity index (χ0n) is 16.5. The summed E-state index contributed by atoms with van der Waals surface area (Å²) in [4.78, 5) is 41.6. The van der Waals surface area contributed by atoms with Crippen LogP contribution in [-0.4, -0.2) is 59.7 Å². The molecular formula is C20H29N3O3. The molecule has 26 heavy (non-hydrogen) atoms. The fraction of sp³-hybridized carbons (Fsp3) is 0.550. The van der Waals surface area contributed by atoms with E-state index in [2.05, 4.69) is 5.32 Å².